The molecule has 3 nitrogen and oxygen atoms in total. The molecule has 0 aliphatic rings. The van der Waals surface area contributed by atoms with Gasteiger partial charge in [0.15, 0.2) is 0 Å². The summed E-state index contributed by atoms with van der Waals surface area (Å²) in [6, 6.07) is 5.04. The second-order valence-corrected chi connectivity index (χ2v) is 2.44. The summed E-state index contributed by atoms with van der Waals surface area (Å²) < 4.78 is 4.90. The Balaban J connectivity index is 3.13. The van der Waals surface area contributed by atoms with Crippen molar-refractivity contribution < 1.29 is 9.63 Å². The third-order valence-corrected chi connectivity index (χ3v) is 1.82. The maximum Gasteiger partial charge on any atom is 0.149 e. The molecule has 11 heavy (non-hydrogen) atoms. The van der Waals surface area contributed by atoms with Crippen LogP contribution in [0.25, 0.3) is 0 Å². The lowest BCUT2D eigenvalue weighted by Gasteiger charge is -2.07. The van der Waals surface area contributed by atoms with Crippen LogP contribution in [0.2, 0.25) is 0 Å². The number of hydrogen-bond acceptors (Lipinski definition) is 3. The van der Waals surface area contributed by atoms with Gasteiger partial charge in [0.05, 0.1) is 9.47 Å². The fourth-order valence-electron chi connectivity index (χ4n) is 0.763. The minimum atomic E-state index is 0.167. The highest BCUT2D eigenvalue weighted by Crippen LogP contribution is 2.35. The van der Waals surface area contributed by atoms with Gasteiger partial charge in [-0.1, -0.05) is 6.07 Å². The van der Waals surface area contributed by atoms with Gasteiger partial charge in [-0.05, 0) is 21.5 Å². The van der Waals surface area contributed by atoms with Gasteiger partial charge in [0.1, 0.15) is 17.2 Å². The van der Waals surface area contributed by atoms with E-state index in [9.17, 15) is 5.11 Å². The molecule has 0 saturated carbocycles. The number of benzene rings is 1. The zero-order valence-corrected chi connectivity index (χ0v) is 8.05. The van der Waals surface area contributed by atoms with E-state index in [1.54, 1.807) is 18.2 Å². The topological polar surface area (TPSA) is 41.5 Å². The molecular weight excluding hydrogens is 180 g/mol. The number of phenols is 1. The molecule has 0 heterocycles. The van der Waals surface area contributed by atoms with Gasteiger partial charge < -0.3 is 14.7 Å². The van der Waals surface area contributed by atoms with Crippen LogP contribution in [0, 0.1) is 0 Å². The van der Waals surface area contributed by atoms with Crippen LogP contribution in [0.1, 0.15) is 0 Å². The van der Waals surface area contributed by atoms with Crippen molar-refractivity contribution in [2.45, 2.75) is 0 Å². The number of aromatic hydroxyl groups is 1. The average molecular weight is 189 g/mol. The van der Waals surface area contributed by atoms with E-state index in [4.69, 9.17) is 4.52 Å². The minimum absolute atomic E-state index is 0.167. The first kappa shape index (κ1) is 8.58. The maximum atomic E-state index is 9.26. The van der Waals surface area contributed by atoms with E-state index in [0.29, 0.717) is 11.4 Å². The van der Waals surface area contributed by atoms with Crippen LogP contribution in [0.4, 0.5) is 5.69 Å². The van der Waals surface area contributed by atoms with Crippen molar-refractivity contribution in [3.05, 3.63) is 18.2 Å². The highest BCUT2D eigenvalue weighted by Gasteiger charge is 2.04. The molecule has 2 N–H and O–H groups in total. The van der Waals surface area contributed by atoms with Gasteiger partial charge in [-0.2, -0.15) is 0 Å². The van der Waals surface area contributed by atoms with Gasteiger partial charge in [0.2, 0.25) is 0 Å². The Kier molecular flexibility index (Phi) is 2.92. The maximum absolute atomic E-state index is 9.26. The Hall–Kier alpha value is -0.520. The summed E-state index contributed by atoms with van der Waals surface area (Å²) in [7, 11) is 4.41. The zero-order valence-electron chi connectivity index (χ0n) is 5.74. The quantitative estimate of drug-likeness (QED) is 0.550. The highest BCUT2D eigenvalue weighted by atomic mass is 31.0. The predicted molar refractivity (Wildman–Crippen MR) is 51.8 cm³/mol. The fourth-order valence-corrected chi connectivity index (χ4v) is 1.25. The van der Waals surface area contributed by atoms with Crippen LogP contribution in [0.15, 0.2) is 18.2 Å². The molecule has 0 aliphatic heterocycles. The molecule has 2 atom stereocenters. The molecule has 0 aliphatic carbocycles. The molecule has 0 bridgehead atoms. The lowest BCUT2D eigenvalue weighted by Crippen LogP contribution is -1.84. The predicted octanol–water partition coefficient (Wildman–Crippen LogP) is 1.76. The molecule has 2 unspecified atom stereocenters. The minimum Gasteiger partial charge on any atom is -0.506 e. The van der Waals surface area contributed by atoms with Crippen LogP contribution in [0.5, 0.6) is 11.5 Å². The Morgan fingerprint density at radius 3 is 2.64 bits per heavy atom. The van der Waals surface area contributed by atoms with Crippen molar-refractivity contribution in [3.8, 4) is 11.5 Å². The molecule has 1 rings (SSSR count). The van der Waals surface area contributed by atoms with Gasteiger partial charge >= 0.3 is 0 Å². The standard InChI is InChI=1S/C6H9NO2P2/c8-4-2-1-3-5(9-11)6(4)7-10/h1-3,7-8H,10-11H2. The van der Waals surface area contributed by atoms with E-state index in [2.05, 4.69) is 23.9 Å². The Morgan fingerprint density at radius 1 is 1.45 bits per heavy atom. The first-order valence-corrected chi connectivity index (χ1v) is 3.99. The Labute approximate surface area is 69.7 Å². The molecule has 5 heteroatoms. The summed E-state index contributed by atoms with van der Waals surface area (Å²) in [5.41, 5.74) is 0.563. The van der Waals surface area contributed by atoms with Crippen LogP contribution >= 0.6 is 18.9 Å². The van der Waals surface area contributed by atoms with E-state index in [1.807, 2.05) is 0 Å². The van der Waals surface area contributed by atoms with Gasteiger partial charge in [-0.15, -0.1) is 0 Å². The number of phenolic OH excluding ortho intramolecular Hbond substituents is 1. The molecule has 0 aromatic heterocycles. The Morgan fingerprint density at radius 2 is 2.18 bits per heavy atom. The number of nitrogens with one attached hydrogen (secondary N) is 1. The smallest absolute Gasteiger partial charge is 0.149 e. The van der Waals surface area contributed by atoms with Crippen molar-refractivity contribution >= 4 is 24.5 Å². The third kappa shape index (κ3) is 1.74. The number of hydrogen-bond donors (Lipinski definition) is 2. The number of anilines is 1. The summed E-state index contributed by atoms with van der Waals surface area (Å²) in [6.07, 6.45) is 0. The molecule has 0 amide bonds. The zero-order chi connectivity index (χ0) is 8.27. The highest BCUT2D eigenvalue weighted by molar-refractivity contribution is 7.18. The third-order valence-electron chi connectivity index (χ3n) is 1.28. The van der Waals surface area contributed by atoms with Crippen LogP contribution < -0.4 is 9.61 Å². The number of para-hydroxylation sites is 1. The van der Waals surface area contributed by atoms with Crippen molar-refractivity contribution in [3.63, 3.8) is 0 Å². The van der Waals surface area contributed by atoms with E-state index in [0.717, 1.165) is 0 Å². The summed E-state index contributed by atoms with van der Waals surface area (Å²) in [6.45, 7) is 0. The normalized spacial score (nSPS) is 9.27. The average Bonchev–Trinajstić information content (AvgIpc) is 2.04. The summed E-state index contributed by atoms with van der Waals surface area (Å²) in [4.78, 5) is 0. The van der Waals surface area contributed by atoms with Crippen LogP contribution in [-0.2, 0) is 0 Å². The second kappa shape index (κ2) is 3.75. The van der Waals surface area contributed by atoms with E-state index in [-0.39, 0.29) is 5.75 Å². The van der Waals surface area contributed by atoms with Gasteiger partial charge in [0, 0.05) is 0 Å². The molecule has 0 saturated heterocycles. The summed E-state index contributed by atoms with van der Waals surface area (Å²) >= 11 is 0. The van der Waals surface area contributed by atoms with Crippen molar-refractivity contribution in [2.75, 3.05) is 5.09 Å². The summed E-state index contributed by atoms with van der Waals surface area (Å²) in [5.74, 6) is 0.755. The molecule has 60 valence electrons. The molecule has 1 aromatic rings. The van der Waals surface area contributed by atoms with Crippen molar-refractivity contribution in [1.29, 1.82) is 0 Å². The summed E-state index contributed by atoms with van der Waals surface area (Å²) in [5, 5.41) is 12.0. The van der Waals surface area contributed by atoms with Crippen molar-refractivity contribution in [1.82, 2.24) is 0 Å². The van der Waals surface area contributed by atoms with Gasteiger partial charge in [0.25, 0.3) is 0 Å². The number of rotatable bonds is 2. The van der Waals surface area contributed by atoms with E-state index in [1.165, 1.54) is 0 Å². The molecule has 0 fully saturated rings. The van der Waals surface area contributed by atoms with Crippen LogP contribution in [-0.4, -0.2) is 5.11 Å². The lowest BCUT2D eigenvalue weighted by atomic mass is 10.3. The first-order valence-electron chi connectivity index (χ1n) is 2.95. The second-order valence-electron chi connectivity index (χ2n) is 1.91. The van der Waals surface area contributed by atoms with Gasteiger partial charge in [-0.25, -0.2) is 0 Å². The molecule has 0 radical (unpaired) electrons. The molecular formula is C6H9NO2P2. The Bertz CT molecular complexity index is 254. The van der Waals surface area contributed by atoms with Gasteiger partial charge in [-0.3, -0.25) is 0 Å². The molecule has 1 aromatic carbocycles. The van der Waals surface area contributed by atoms with E-state index < -0.39 is 0 Å². The van der Waals surface area contributed by atoms with Crippen molar-refractivity contribution in [2.24, 2.45) is 0 Å². The van der Waals surface area contributed by atoms with E-state index >= 15 is 0 Å². The van der Waals surface area contributed by atoms with Crippen LogP contribution in [0.3, 0.4) is 0 Å². The fraction of sp³-hybridized carbons (Fsp3) is 0. The monoisotopic (exact) mass is 189 g/mol. The first-order chi connectivity index (χ1) is 5.29. The largest absolute Gasteiger partial charge is 0.506 e. The SMILES string of the molecule is Oc1cccc(OP)c1NP. The molecule has 0 spiro atoms. The lowest BCUT2D eigenvalue weighted by molar-refractivity contribution is 0.475.